The molecule has 2 aliphatic carbocycles. The van der Waals surface area contributed by atoms with Crippen molar-refractivity contribution in [1.29, 1.82) is 0 Å². The first-order valence-corrected chi connectivity index (χ1v) is 14.3. The molecule has 2 saturated carbocycles. The lowest BCUT2D eigenvalue weighted by atomic mass is 10.1. The van der Waals surface area contributed by atoms with Crippen LogP contribution in [-0.2, 0) is 19.0 Å². The molecule has 0 bridgehead atoms. The van der Waals surface area contributed by atoms with Gasteiger partial charge in [0.05, 0.1) is 12.1 Å². The number of fused-ring (bicyclic) bond motifs is 2. The molecule has 3 unspecified atom stereocenters. The van der Waals surface area contributed by atoms with Crippen LogP contribution in [0.25, 0.3) is 11.2 Å². The fraction of sp³-hybridized carbons (Fsp3) is 0.577. The first-order chi connectivity index (χ1) is 19.1. The summed E-state index contributed by atoms with van der Waals surface area (Å²) >= 11 is 1.52. The van der Waals surface area contributed by atoms with E-state index in [4.69, 9.17) is 29.3 Å². The molecule has 14 heteroatoms. The summed E-state index contributed by atoms with van der Waals surface area (Å²) in [4.78, 5) is 20.7. The Kier molecular flexibility index (Phi) is 7.13. The van der Waals surface area contributed by atoms with Gasteiger partial charge in [0.1, 0.15) is 18.8 Å². The Morgan fingerprint density at radius 3 is 2.77 bits per heavy atom. The van der Waals surface area contributed by atoms with Crippen molar-refractivity contribution in [3.8, 4) is 0 Å². The third kappa shape index (κ3) is 5.24. The second-order valence-corrected chi connectivity index (χ2v) is 11.8. The van der Waals surface area contributed by atoms with E-state index in [0.717, 1.165) is 30.2 Å². The number of carboxylic acid groups (broad SMARTS) is 1. The highest BCUT2D eigenvalue weighted by Crippen LogP contribution is 2.46. The molecule has 3 heterocycles. The van der Waals surface area contributed by atoms with Crippen LogP contribution in [0.2, 0.25) is 0 Å². The van der Waals surface area contributed by atoms with E-state index in [1.165, 1.54) is 17.8 Å². The van der Waals surface area contributed by atoms with E-state index in [1.807, 2.05) is 0 Å². The Hall–Kier alpha value is -2.94. The lowest BCUT2D eigenvalue weighted by molar-refractivity contribution is -0.173. The van der Waals surface area contributed by atoms with Gasteiger partial charge in [-0.15, -0.1) is 5.10 Å². The maximum Gasteiger partial charge on any atom is 0.329 e. The molecular weight excluding hydrogens is 546 g/mol. The van der Waals surface area contributed by atoms with Gasteiger partial charge in [-0.3, -0.25) is 0 Å². The van der Waals surface area contributed by atoms with E-state index in [1.54, 1.807) is 24.6 Å². The van der Waals surface area contributed by atoms with E-state index in [9.17, 15) is 13.6 Å². The van der Waals surface area contributed by atoms with Gasteiger partial charge in [-0.25, -0.2) is 28.2 Å². The molecule has 0 spiro atoms. The highest BCUT2D eigenvalue weighted by atomic mass is 32.2. The van der Waals surface area contributed by atoms with Crippen molar-refractivity contribution in [3.63, 3.8) is 0 Å². The van der Waals surface area contributed by atoms with E-state index < -0.39 is 48.3 Å². The molecule has 3 aliphatic rings. The number of halogens is 2. The molecule has 6 atom stereocenters. The number of carbonyl (C=O) groups is 1. The lowest BCUT2D eigenvalue weighted by Gasteiger charge is -2.23. The fourth-order valence-electron chi connectivity index (χ4n) is 5.52. The number of nitrogens with one attached hydrogen (secondary N) is 1. The molecule has 2 aromatic heterocycles. The highest BCUT2D eigenvalue weighted by molar-refractivity contribution is 7.99. The Bertz CT molecular complexity index is 1440. The number of thioether (sulfide) groups is 1. The third-order valence-corrected chi connectivity index (χ3v) is 8.39. The number of nitrogens with zero attached hydrogens (tertiary/aromatic N) is 5. The molecule has 1 saturated heterocycles. The van der Waals surface area contributed by atoms with Crippen LogP contribution in [-0.4, -0.2) is 78.5 Å². The molecule has 1 aromatic carbocycles. The Balaban J connectivity index is 1.31. The van der Waals surface area contributed by atoms with Gasteiger partial charge in [0.15, 0.2) is 39.6 Å². The zero-order valence-corrected chi connectivity index (χ0v) is 23.0. The monoisotopic (exact) mass is 576 g/mol. The van der Waals surface area contributed by atoms with Gasteiger partial charge in [0, 0.05) is 24.1 Å². The minimum absolute atomic E-state index is 0.0101. The van der Waals surface area contributed by atoms with Crippen molar-refractivity contribution in [1.82, 2.24) is 25.0 Å². The van der Waals surface area contributed by atoms with Crippen molar-refractivity contribution in [2.24, 2.45) is 0 Å². The molecule has 6 rings (SSSR count). The molecule has 40 heavy (non-hydrogen) atoms. The second kappa shape index (κ2) is 10.5. The van der Waals surface area contributed by atoms with E-state index >= 15 is 0 Å². The van der Waals surface area contributed by atoms with Gasteiger partial charge in [-0.1, -0.05) is 30.0 Å². The third-order valence-electron chi connectivity index (χ3n) is 7.34. The number of rotatable bonds is 10. The molecule has 0 amide bonds. The Morgan fingerprint density at radius 2 is 2.02 bits per heavy atom. The molecule has 2 N–H and O–H groups in total. The predicted molar refractivity (Wildman–Crippen MR) is 140 cm³/mol. The summed E-state index contributed by atoms with van der Waals surface area (Å²) in [6.07, 6.45) is 0.638. The fourth-order valence-corrected chi connectivity index (χ4v) is 6.22. The summed E-state index contributed by atoms with van der Waals surface area (Å²) in [5.74, 6) is -2.33. The molecule has 0 radical (unpaired) electrons. The molecular formula is C26H30F2N6O5S. The highest BCUT2D eigenvalue weighted by Gasteiger charge is 2.56. The van der Waals surface area contributed by atoms with Crippen LogP contribution < -0.4 is 5.32 Å². The zero-order chi connectivity index (χ0) is 28.2. The Morgan fingerprint density at radius 1 is 1.23 bits per heavy atom. The summed E-state index contributed by atoms with van der Waals surface area (Å²) in [5, 5.41) is 22.0. The topological polar surface area (TPSA) is 134 Å². The van der Waals surface area contributed by atoms with Gasteiger partial charge >= 0.3 is 5.97 Å². The van der Waals surface area contributed by atoms with Crippen molar-refractivity contribution in [2.75, 3.05) is 17.7 Å². The Labute approximate surface area is 233 Å². The van der Waals surface area contributed by atoms with Crippen molar-refractivity contribution >= 4 is 34.7 Å². The summed E-state index contributed by atoms with van der Waals surface area (Å²) < 4.78 is 46.9. The van der Waals surface area contributed by atoms with Crippen LogP contribution in [0.4, 0.5) is 14.6 Å². The van der Waals surface area contributed by atoms with E-state index in [-0.39, 0.29) is 18.0 Å². The number of benzene rings is 1. The van der Waals surface area contributed by atoms with Crippen LogP contribution in [0.1, 0.15) is 57.6 Å². The largest absolute Gasteiger partial charge is 0.480 e. The van der Waals surface area contributed by atoms with E-state index in [0.29, 0.717) is 28.6 Å². The number of carboxylic acids is 1. The summed E-state index contributed by atoms with van der Waals surface area (Å²) in [6, 6.07) is 3.59. The zero-order valence-electron chi connectivity index (χ0n) is 22.2. The van der Waals surface area contributed by atoms with Crippen molar-refractivity contribution in [2.45, 2.75) is 87.3 Å². The van der Waals surface area contributed by atoms with Crippen molar-refractivity contribution in [3.05, 3.63) is 35.4 Å². The molecule has 214 valence electrons. The van der Waals surface area contributed by atoms with Crippen LogP contribution in [0.15, 0.2) is 23.4 Å². The smallest absolute Gasteiger partial charge is 0.329 e. The quantitative estimate of drug-likeness (QED) is 0.269. The number of hydrogen-bond donors (Lipinski definition) is 2. The van der Waals surface area contributed by atoms with Crippen LogP contribution in [0.5, 0.6) is 0 Å². The van der Waals surface area contributed by atoms with Crippen molar-refractivity contribution < 1.29 is 32.9 Å². The lowest BCUT2D eigenvalue weighted by Crippen LogP contribution is -2.32. The van der Waals surface area contributed by atoms with Gasteiger partial charge < -0.3 is 24.6 Å². The summed E-state index contributed by atoms with van der Waals surface area (Å²) in [5.41, 5.74) is 1.70. The maximum absolute atomic E-state index is 13.8. The first kappa shape index (κ1) is 27.2. The van der Waals surface area contributed by atoms with Gasteiger partial charge in [-0.05, 0) is 44.4 Å². The van der Waals surface area contributed by atoms with Crippen LogP contribution >= 0.6 is 11.8 Å². The van der Waals surface area contributed by atoms with E-state index in [2.05, 4.69) is 22.6 Å². The minimum atomic E-state index is -1.06. The molecule has 3 fully saturated rings. The SMILES string of the molecule is CCCSc1nc(NC2C[C@@H]2c2ccc(F)c(F)c2)c2nnn(C3CC(OCC(=O)O)[C@H]4OC(C)(C)O[C@@H]34)c2n1. The minimum Gasteiger partial charge on any atom is -0.480 e. The van der Waals surface area contributed by atoms with Crippen LogP contribution in [0, 0.1) is 11.6 Å². The number of hydrogen-bond acceptors (Lipinski definition) is 10. The predicted octanol–water partition coefficient (Wildman–Crippen LogP) is 3.90. The summed E-state index contributed by atoms with van der Waals surface area (Å²) in [7, 11) is 0. The number of anilines is 1. The number of ether oxygens (including phenoxy) is 3. The van der Waals surface area contributed by atoms with Gasteiger partial charge in [0.25, 0.3) is 0 Å². The standard InChI is InChI=1S/C26H30F2N6O5S/c1-4-7-40-25-30-23(29-16-9-13(16)12-5-6-14(27)15(28)8-12)20-24(31-25)34(33-32-20)17-10-18(37-11-19(35)36)22-21(17)38-26(2,3)39-22/h5-6,8,13,16-18,21-22H,4,7,9-11H2,1-3H3,(H,35,36)(H,29,30,31)/t13-,16?,17?,18?,21+,22-/m1/s1. The average molecular weight is 577 g/mol. The first-order valence-electron chi connectivity index (χ1n) is 13.3. The summed E-state index contributed by atoms with van der Waals surface area (Å²) in [6.45, 7) is 5.23. The molecule has 3 aromatic rings. The molecule has 11 nitrogen and oxygen atoms in total. The number of aliphatic carboxylic acids is 1. The molecule has 1 aliphatic heterocycles. The average Bonchev–Trinajstić information content (AvgIpc) is 3.24. The van der Waals surface area contributed by atoms with Gasteiger partial charge in [-0.2, -0.15) is 0 Å². The number of aromatic nitrogens is 5. The van der Waals surface area contributed by atoms with Gasteiger partial charge in [0.2, 0.25) is 0 Å². The normalized spacial score (nSPS) is 28.6. The maximum atomic E-state index is 13.8. The second-order valence-electron chi connectivity index (χ2n) is 10.8. The van der Waals surface area contributed by atoms with Crippen LogP contribution in [0.3, 0.4) is 0 Å².